The van der Waals surface area contributed by atoms with Gasteiger partial charge in [-0.25, -0.2) is 0 Å². The maximum Gasteiger partial charge on any atom is 0.232 e. The first kappa shape index (κ1) is 12.1. The van der Waals surface area contributed by atoms with Crippen LogP contribution in [0.3, 0.4) is 0 Å². The van der Waals surface area contributed by atoms with Gasteiger partial charge in [0.25, 0.3) is 0 Å². The third-order valence-corrected chi connectivity index (χ3v) is 4.61. The molecule has 1 aliphatic heterocycles. The normalized spacial score (nSPS) is 43.2. The molecule has 0 spiro atoms. The number of carbonyl (C=O) groups excluding carboxylic acids is 2. The van der Waals surface area contributed by atoms with Crippen molar-refractivity contribution in [1.82, 2.24) is 4.90 Å². The summed E-state index contributed by atoms with van der Waals surface area (Å²) in [5, 5.41) is 0. The van der Waals surface area contributed by atoms with Gasteiger partial charge < -0.3 is 10.5 Å². The van der Waals surface area contributed by atoms with Crippen LogP contribution in [0.2, 0.25) is 0 Å². The predicted octanol–water partition coefficient (Wildman–Crippen LogP) is 0.276. The van der Waals surface area contributed by atoms with Crippen LogP contribution in [0.5, 0.6) is 0 Å². The largest absolute Gasteiger partial charge is 0.376 e. The summed E-state index contributed by atoms with van der Waals surface area (Å²) in [6.45, 7) is 2.52. The average Bonchev–Trinajstić information content (AvgIpc) is 2.79. The first-order valence-corrected chi connectivity index (χ1v) is 6.87. The molecule has 2 N–H and O–H groups in total. The molecule has 100 valence electrons. The van der Waals surface area contributed by atoms with Gasteiger partial charge in [-0.3, -0.25) is 14.5 Å². The van der Waals surface area contributed by atoms with Crippen LogP contribution < -0.4 is 5.73 Å². The minimum absolute atomic E-state index is 0.0152. The van der Waals surface area contributed by atoms with Crippen molar-refractivity contribution in [2.24, 2.45) is 17.6 Å². The van der Waals surface area contributed by atoms with Gasteiger partial charge in [0.05, 0.1) is 12.1 Å². The fraction of sp³-hybridized carbons (Fsp3) is 0.846. The smallest absolute Gasteiger partial charge is 0.232 e. The molecule has 0 aromatic rings. The van der Waals surface area contributed by atoms with Crippen molar-refractivity contribution in [3.8, 4) is 0 Å². The van der Waals surface area contributed by atoms with Crippen molar-refractivity contribution in [2.45, 2.75) is 50.8 Å². The zero-order valence-electron chi connectivity index (χ0n) is 10.7. The second-order valence-corrected chi connectivity index (χ2v) is 5.64. The van der Waals surface area contributed by atoms with E-state index in [0.29, 0.717) is 6.61 Å². The quantitative estimate of drug-likeness (QED) is 0.732. The maximum atomic E-state index is 12.3. The number of nitrogens with zero attached hydrogens (tertiary/aromatic N) is 1. The second kappa shape index (κ2) is 4.31. The Morgan fingerprint density at radius 2 is 1.83 bits per heavy atom. The van der Waals surface area contributed by atoms with Crippen molar-refractivity contribution in [3.05, 3.63) is 0 Å². The Balaban J connectivity index is 1.82. The fourth-order valence-corrected chi connectivity index (χ4v) is 3.59. The lowest BCUT2D eigenvalue weighted by molar-refractivity contribution is -0.167. The molecule has 2 saturated carbocycles. The summed E-state index contributed by atoms with van der Waals surface area (Å²) in [4.78, 5) is 26.1. The van der Waals surface area contributed by atoms with Crippen LogP contribution in [0.15, 0.2) is 0 Å². The third-order valence-electron chi connectivity index (χ3n) is 4.61. The molecule has 5 atom stereocenters. The minimum atomic E-state index is -0.228. The average molecular weight is 252 g/mol. The number of hydrogen-bond acceptors (Lipinski definition) is 4. The van der Waals surface area contributed by atoms with Gasteiger partial charge in [-0.15, -0.1) is 0 Å². The third kappa shape index (κ3) is 1.61. The topological polar surface area (TPSA) is 72.6 Å². The van der Waals surface area contributed by atoms with Crippen LogP contribution in [0.4, 0.5) is 0 Å². The number of fused-ring (bicyclic) bond motifs is 2. The van der Waals surface area contributed by atoms with Crippen molar-refractivity contribution in [1.29, 1.82) is 0 Å². The second-order valence-electron chi connectivity index (χ2n) is 5.64. The van der Waals surface area contributed by atoms with E-state index in [-0.39, 0.29) is 41.8 Å². The lowest BCUT2D eigenvalue weighted by Gasteiger charge is -2.49. The Morgan fingerprint density at radius 1 is 1.22 bits per heavy atom. The summed E-state index contributed by atoms with van der Waals surface area (Å²) in [5.74, 6) is 0.0581. The molecule has 2 bridgehead atoms. The highest BCUT2D eigenvalue weighted by Gasteiger charge is 2.54. The van der Waals surface area contributed by atoms with E-state index in [1.807, 2.05) is 6.92 Å². The van der Waals surface area contributed by atoms with E-state index in [2.05, 4.69) is 0 Å². The Kier molecular flexibility index (Phi) is 2.90. The highest BCUT2D eigenvalue weighted by Crippen LogP contribution is 2.41. The number of piperidine rings is 1. The number of likely N-dealkylation sites (tertiary alicyclic amines) is 1. The summed E-state index contributed by atoms with van der Waals surface area (Å²) < 4.78 is 5.58. The summed E-state index contributed by atoms with van der Waals surface area (Å²) >= 11 is 0. The van der Waals surface area contributed by atoms with Crippen molar-refractivity contribution < 1.29 is 14.3 Å². The van der Waals surface area contributed by atoms with E-state index in [9.17, 15) is 9.59 Å². The van der Waals surface area contributed by atoms with Crippen LogP contribution in [0, 0.1) is 11.8 Å². The molecular weight excluding hydrogens is 232 g/mol. The van der Waals surface area contributed by atoms with Gasteiger partial charge in [-0.2, -0.15) is 0 Å². The van der Waals surface area contributed by atoms with Crippen LogP contribution in [-0.4, -0.2) is 41.5 Å². The molecule has 5 unspecified atom stereocenters. The van der Waals surface area contributed by atoms with Gasteiger partial charge in [0.15, 0.2) is 0 Å². The molecule has 5 nitrogen and oxygen atoms in total. The Hall–Kier alpha value is -0.940. The van der Waals surface area contributed by atoms with Gasteiger partial charge in [0.2, 0.25) is 11.8 Å². The molecule has 2 amide bonds. The molecule has 18 heavy (non-hydrogen) atoms. The van der Waals surface area contributed by atoms with Crippen molar-refractivity contribution >= 4 is 11.8 Å². The molecule has 1 saturated heterocycles. The van der Waals surface area contributed by atoms with E-state index < -0.39 is 0 Å². The van der Waals surface area contributed by atoms with Gasteiger partial charge in [0.1, 0.15) is 0 Å². The first-order chi connectivity index (χ1) is 8.63. The standard InChI is InChI=1S/C13H20N2O3/c1-2-18-10-6-9(14)11(10)15-12(16)7-3-4-8(5-7)13(15)17/h7-11H,2-6,14H2,1H3. The number of rotatable bonds is 3. The van der Waals surface area contributed by atoms with Crippen molar-refractivity contribution in [2.75, 3.05) is 6.61 Å². The lowest BCUT2D eigenvalue weighted by Crippen LogP contribution is -2.69. The van der Waals surface area contributed by atoms with E-state index >= 15 is 0 Å². The van der Waals surface area contributed by atoms with E-state index in [1.54, 1.807) is 0 Å². The summed E-state index contributed by atoms with van der Waals surface area (Å²) in [5.41, 5.74) is 5.98. The highest BCUT2D eigenvalue weighted by atomic mass is 16.5. The van der Waals surface area contributed by atoms with E-state index in [1.165, 1.54) is 4.90 Å². The zero-order chi connectivity index (χ0) is 12.9. The summed E-state index contributed by atoms with van der Waals surface area (Å²) in [6.07, 6.45) is 3.13. The molecule has 1 heterocycles. The van der Waals surface area contributed by atoms with Crippen LogP contribution in [0.25, 0.3) is 0 Å². The Bertz CT molecular complexity index is 360. The van der Waals surface area contributed by atoms with E-state index in [0.717, 1.165) is 25.7 Å². The van der Waals surface area contributed by atoms with Crippen LogP contribution in [-0.2, 0) is 14.3 Å². The number of hydrogen-bond donors (Lipinski definition) is 1. The Labute approximate surface area is 107 Å². The van der Waals surface area contributed by atoms with Gasteiger partial charge in [-0.1, -0.05) is 0 Å². The molecule has 0 aromatic carbocycles. The number of imide groups is 1. The predicted molar refractivity (Wildman–Crippen MR) is 64.5 cm³/mol. The fourth-order valence-electron chi connectivity index (χ4n) is 3.59. The van der Waals surface area contributed by atoms with Crippen molar-refractivity contribution in [3.63, 3.8) is 0 Å². The number of ether oxygens (including phenoxy) is 1. The Morgan fingerprint density at radius 3 is 2.33 bits per heavy atom. The maximum absolute atomic E-state index is 12.3. The van der Waals surface area contributed by atoms with Gasteiger partial charge in [-0.05, 0) is 32.6 Å². The summed E-state index contributed by atoms with van der Waals surface area (Å²) in [6, 6.07) is -0.347. The lowest BCUT2D eigenvalue weighted by atomic mass is 9.80. The van der Waals surface area contributed by atoms with Crippen LogP contribution in [0.1, 0.15) is 32.6 Å². The molecule has 3 fully saturated rings. The molecule has 3 rings (SSSR count). The number of nitrogens with two attached hydrogens (primary N) is 1. The number of amides is 2. The SMILES string of the molecule is CCOC1CC(N)C1N1C(=O)C2CCC(C2)C1=O. The first-order valence-electron chi connectivity index (χ1n) is 6.87. The molecule has 5 heteroatoms. The molecule has 3 aliphatic rings. The van der Waals surface area contributed by atoms with Gasteiger partial charge in [0, 0.05) is 24.5 Å². The van der Waals surface area contributed by atoms with Crippen LogP contribution >= 0.6 is 0 Å². The minimum Gasteiger partial charge on any atom is -0.376 e. The molecule has 0 radical (unpaired) electrons. The zero-order valence-corrected chi connectivity index (χ0v) is 10.7. The molecule has 0 aromatic heterocycles. The molecular formula is C13H20N2O3. The number of carbonyl (C=O) groups is 2. The monoisotopic (exact) mass is 252 g/mol. The summed E-state index contributed by atoms with van der Waals surface area (Å²) in [7, 11) is 0. The van der Waals surface area contributed by atoms with E-state index in [4.69, 9.17) is 10.5 Å². The van der Waals surface area contributed by atoms with Gasteiger partial charge >= 0.3 is 0 Å². The highest BCUT2D eigenvalue weighted by molar-refractivity contribution is 6.01. The molecule has 2 aliphatic carbocycles.